The molecule has 0 saturated carbocycles. The number of piperazine rings is 1. The maximum Gasteiger partial charge on any atom is 0.389 e. The normalized spacial score (nSPS) is 17.0. The van der Waals surface area contributed by atoms with Gasteiger partial charge in [-0.2, -0.15) is 4.68 Å². The van der Waals surface area contributed by atoms with Crippen LogP contribution in [0.1, 0.15) is 11.6 Å². The summed E-state index contributed by atoms with van der Waals surface area (Å²) in [6, 6.07) is 7.12. The van der Waals surface area contributed by atoms with E-state index in [0.29, 0.717) is 25.2 Å². The second kappa shape index (κ2) is 8.04. The molecule has 0 bridgehead atoms. The van der Waals surface area contributed by atoms with Gasteiger partial charge < -0.3 is 20.3 Å². The largest absolute Gasteiger partial charge is 0.389 e. The van der Waals surface area contributed by atoms with Crippen LogP contribution in [0.2, 0.25) is 0 Å². The van der Waals surface area contributed by atoms with Crippen molar-refractivity contribution >= 4 is 24.1 Å². The fourth-order valence-corrected chi connectivity index (χ4v) is 2.78. The Morgan fingerprint density at radius 3 is 2.92 bits per heavy atom. The second-order valence-electron chi connectivity index (χ2n) is 5.49. The lowest BCUT2D eigenvalue weighted by Gasteiger charge is -2.36. The molecular weight excluding hydrogens is 353 g/mol. The number of carbonyl (C=O) groups excluding carboxylic acids is 1. The summed E-state index contributed by atoms with van der Waals surface area (Å²) in [6.45, 7) is 1.54. The summed E-state index contributed by atoms with van der Waals surface area (Å²) in [4.78, 5) is 24.3. The lowest BCUT2D eigenvalue weighted by Crippen LogP contribution is -2.49. The van der Waals surface area contributed by atoms with Crippen molar-refractivity contribution in [3.8, 4) is 0 Å². The van der Waals surface area contributed by atoms with Gasteiger partial charge in [-0.1, -0.05) is 12.1 Å². The van der Waals surface area contributed by atoms with Gasteiger partial charge in [0.15, 0.2) is 0 Å². The molecule has 1 aliphatic rings. The minimum atomic E-state index is -0.610. The SMILES string of the molecule is Cl.O=C(Cn1ccc([N+](=O)[O-])n1)N1CCNCC1c1cccc(F)c1. The number of hydrogen-bond acceptors (Lipinski definition) is 5. The number of halogens is 2. The minimum absolute atomic E-state index is 0. The maximum atomic E-state index is 13.5. The van der Waals surface area contributed by atoms with Crippen molar-refractivity contribution < 1.29 is 14.1 Å². The zero-order chi connectivity index (χ0) is 17.1. The lowest BCUT2D eigenvalue weighted by molar-refractivity contribution is -0.389. The van der Waals surface area contributed by atoms with E-state index in [-0.39, 0.29) is 42.5 Å². The predicted molar refractivity (Wildman–Crippen MR) is 89.9 cm³/mol. The summed E-state index contributed by atoms with van der Waals surface area (Å²) in [5.74, 6) is -0.873. The molecule has 0 spiro atoms. The van der Waals surface area contributed by atoms with Crippen molar-refractivity contribution in [2.75, 3.05) is 19.6 Å². The van der Waals surface area contributed by atoms with Gasteiger partial charge in [0.05, 0.1) is 23.4 Å². The van der Waals surface area contributed by atoms with Crippen molar-refractivity contribution in [3.63, 3.8) is 0 Å². The van der Waals surface area contributed by atoms with Gasteiger partial charge in [-0.05, 0) is 22.6 Å². The van der Waals surface area contributed by atoms with Crippen molar-refractivity contribution in [2.45, 2.75) is 12.6 Å². The molecule has 1 N–H and O–H groups in total. The molecule has 3 rings (SSSR count). The molecule has 1 aliphatic heterocycles. The summed E-state index contributed by atoms with van der Waals surface area (Å²) in [5.41, 5.74) is 0.710. The van der Waals surface area contributed by atoms with Crippen LogP contribution in [0.5, 0.6) is 0 Å². The average Bonchev–Trinajstić information content (AvgIpc) is 3.03. The van der Waals surface area contributed by atoms with Gasteiger partial charge in [0.1, 0.15) is 12.4 Å². The molecule has 1 fully saturated rings. The number of carbonyl (C=O) groups is 1. The zero-order valence-corrected chi connectivity index (χ0v) is 14.0. The molecule has 0 aliphatic carbocycles. The molecule has 1 aromatic carbocycles. The molecule has 8 nitrogen and oxygen atoms in total. The lowest BCUT2D eigenvalue weighted by atomic mass is 10.0. The molecule has 1 atom stereocenters. The number of aromatic nitrogens is 2. The van der Waals surface area contributed by atoms with E-state index in [1.807, 2.05) is 0 Å². The molecule has 1 saturated heterocycles. The molecular formula is C15H17ClFN5O3. The fourth-order valence-electron chi connectivity index (χ4n) is 2.78. The number of rotatable bonds is 4. The molecule has 0 radical (unpaired) electrons. The second-order valence-corrected chi connectivity index (χ2v) is 5.49. The van der Waals surface area contributed by atoms with Gasteiger partial charge in [0.25, 0.3) is 0 Å². The van der Waals surface area contributed by atoms with Gasteiger partial charge in [-0.3, -0.25) is 4.79 Å². The Morgan fingerprint density at radius 1 is 1.44 bits per heavy atom. The smallest absolute Gasteiger partial charge is 0.358 e. The van der Waals surface area contributed by atoms with Crippen LogP contribution < -0.4 is 5.32 Å². The number of amides is 1. The molecule has 10 heteroatoms. The first kappa shape index (κ1) is 18.8. The van der Waals surface area contributed by atoms with Crippen molar-refractivity contribution in [1.82, 2.24) is 20.0 Å². The fraction of sp³-hybridized carbons (Fsp3) is 0.333. The summed E-state index contributed by atoms with van der Waals surface area (Å²) >= 11 is 0. The minimum Gasteiger partial charge on any atom is -0.358 e. The van der Waals surface area contributed by atoms with Gasteiger partial charge in [-0.25, -0.2) is 4.39 Å². The van der Waals surface area contributed by atoms with Gasteiger partial charge >= 0.3 is 5.82 Å². The third-order valence-corrected chi connectivity index (χ3v) is 3.91. The Labute approximate surface area is 149 Å². The van der Waals surface area contributed by atoms with E-state index >= 15 is 0 Å². The number of nitro groups is 1. The molecule has 1 aromatic heterocycles. The van der Waals surface area contributed by atoms with Crippen molar-refractivity contribution in [1.29, 1.82) is 0 Å². The first-order valence-electron chi connectivity index (χ1n) is 7.48. The van der Waals surface area contributed by atoms with Crippen LogP contribution in [0.3, 0.4) is 0 Å². The molecule has 134 valence electrons. The van der Waals surface area contributed by atoms with Crippen LogP contribution in [0, 0.1) is 15.9 Å². The van der Waals surface area contributed by atoms with E-state index < -0.39 is 4.92 Å². The highest BCUT2D eigenvalue weighted by atomic mass is 35.5. The predicted octanol–water partition coefficient (Wildman–Crippen LogP) is 1.53. The van der Waals surface area contributed by atoms with Crippen LogP contribution >= 0.6 is 12.4 Å². The Bertz CT molecular complexity index is 769. The number of nitrogens with zero attached hydrogens (tertiary/aromatic N) is 4. The average molecular weight is 370 g/mol. The van der Waals surface area contributed by atoms with Gasteiger partial charge in [0, 0.05) is 19.6 Å². The highest BCUT2D eigenvalue weighted by Gasteiger charge is 2.29. The van der Waals surface area contributed by atoms with E-state index in [2.05, 4.69) is 10.4 Å². The third-order valence-electron chi connectivity index (χ3n) is 3.91. The monoisotopic (exact) mass is 369 g/mol. The highest BCUT2D eigenvalue weighted by molar-refractivity contribution is 5.85. The Balaban J connectivity index is 0.00000225. The molecule has 1 unspecified atom stereocenters. The standard InChI is InChI=1S/C15H16FN5O3.ClH/c16-12-3-1-2-11(8-12)13-9-17-5-7-20(13)15(22)10-19-6-4-14(18-19)21(23)24;/h1-4,6,8,13,17H,5,7,9-10H2;1H. The molecule has 1 amide bonds. The van der Waals surface area contributed by atoms with Gasteiger partial charge in [-0.15, -0.1) is 12.4 Å². The van der Waals surface area contributed by atoms with Crippen molar-refractivity contribution in [2.24, 2.45) is 0 Å². The highest BCUT2D eigenvalue weighted by Crippen LogP contribution is 2.23. The summed E-state index contributed by atoms with van der Waals surface area (Å²) < 4.78 is 14.7. The first-order chi connectivity index (χ1) is 11.5. The van der Waals surface area contributed by atoms with Gasteiger partial charge in [0.2, 0.25) is 5.91 Å². The Kier molecular flexibility index (Phi) is 6.05. The number of nitrogens with one attached hydrogen (secondary N) is 1. The van der Waals surface area contributed by atoms with E-state index in [1.165, 1.54) is 29.1 Å². The summed E-state index contributed by atoms with van der Waals surface area (Å²) in [6.07, 6.45) is 1.40. The van der Waals surface area contributed by atoms with Crippen LogP contribution in [0.4, 0.5) is 10.2 Å². The van der Waals surface area contributed by atoms with Crippen LogP contribution in [0.25, 0.3) is 0 Å². The Morgan fingerprint density at radius 2 is 2.24 bits per heavy atom. The number of benzene rings is 1. The molecule has 2 aromatic rings. The van der Waals surface area contributed by atoms with E-state index in [4.69, 9.17) is 0 Å². The molecule has 25 heavy (non-hydrogen) atoms. The van der Waals surface area contributed by atoms with Crippen LogP contribution in [-0.2, 0) is 11.3 Å². The van der Waals surface area contributed by atoms with Crippen molar-refractivity contribution in [3.05, 3.63) is 58.0 Å². The molecule has 2 heterocycles. The third kappa shape index (κ3) is 4.31. The maximum absolute atomic E-state index is 13.5. The van der Waals surface area contributed by atoms with E-state index in [0.717, 1.165) is 0 Å². The number of hydrogen-bond donors (Lipinski definition) is 1. The van der Waals surface area contributed by atoms with E-state index in [1.54, 1.807) is 17.0 Å². The topological polar surface area (TPSA) is 93.3 Å². The van der Waals surface area contributed by atoms with Crippen LogP contribution in [0.15, 0.2) is 36.5 Å². The summed E-state index contributed by atoms with van der Waals surface area (Å²) in [7, 11) is 0. The zero-order valence-electron chi connectivity index (χ0n) is 13.2. The van der Waals surface area contributed by atoms with Crippen LogP contribution in [-0.4, -0.2) is 45.1 Å². The van der Waals surface area contributed by atoms with E-state index in [9.17, 15) is 19.3 Å². The Hall–Kier alpha value is -2.52. The quantitative estimate of drug-likeness (QED) is 0.651. The summed E-state index contributed by atoms with van der Waals surface area (Å²) in [5, 5.41) is 17.6. The first-order valence-corrected chi connectivity index (χ1v) is 7.48.